The van der Waals surface area contributed by atoms with E-state index in [0.29, 0.717) is 0 Å². The second-order valence-electron chi connectivity index (χ2n) is 4.90. The number of para-hydroxylation sites is 1. The Labute approximate surface area is 122 Å². The Morgan fingerprint density at radius 1 is 0.667 bits per heavy atom. The van der Waals surface area contributed by atoms with Gasteiger partial charge in [-0.25, -0.2) is 4.98 Å². The highest BCUT2D eigenvalue weighted by atomic mass is 15.0. The number of benzene rings is 2. The summed E-state index contributed by atoms with van der Waals surface area (Å²) in [6.07, 6.45) is 1.81. The predicted molar refractivity (Wildman–Crippen MR) is 86.8 cm³/mol. The van der Waals surface area contributed by atoms with Crippen LogP contribution in [-0.4, -0.2) is 9.97 Å². The molecule has 0 aliphatic carbocycles. The Morgan fingerprint density at radius 3 is 2.29 bits per heavy atom. The summed E-state index contributed by atoms with van der Waals surface area (Å²) in [7, 11) is 0. The summed E-state index contributed by atoms with van der Waals surface area (Å²) in [4.78, 5) is 9.19. The van der Waals surface area contributed by atoms with Crippen LogP contribution in [-0.2, 0) is 0 Å². The molecule has 0 fully saturated rings. The highest BCUT2D eigenvalue weighted by molar-refractivity contribution is 6.03. The van der Waals surface area contributed by atoms with E-state index in [4.69, 9.17) is 4.98 Å². The second-order valence-corrected chi connectivity index (χ2v) is 4.90. The molecule has 2 aromatic heterocycles. The van der Waals surface area contributed by atoms with Crippen molar-refractivity contribution in [3.05, 3.63) is 72.9 Å². The molecule has 0 saturated heterocycles. The number of nitrogens with one attached hydrogen (secondary N) is 1. The molecule has 0 unspecified atom stereocenters. The van der Waals surface area contributed by atoms with Crippen molar-refractivity contribution in [2.45, 2.75) is 0 Å². The summed E-state index contributed by atoms with van der Waals surface area (Å²) in [6.45, 7) is 0. The molecule has 21 heavy (non-hydrogen) atoms. The molecule has 2 aromatic carbocycles. The molecular weight excluding hydrogens is 258 g/mol. The molecular formula is C18H13N3. The minimum atomic E-state index is 0.826. The van der Waals surface area contributed by atoms with Crippen LogP contribution in [0.3, 0.4) is 0 Å². The molecule has 0 aliphatic rings. The van der Waals surface area contributed by atoms with Crippen molar-refractivity contribution in [3.63, 3.8) is 0 Å². The first kappa shape index (κ1) is 11.9. The van der Waals surface area contributed by atoms with Crippen molar-refractivity contribution in [3.8, 4) is 0 Å². The van der Waals surface area contributed by atoms with Crippen LogP contribution in [0.4, 0.5) is 11.5 Å². The number of rotatable bonds is 2. The fraction of sp³-hybridized carbons (Fsp3) is 0. The molecule has 0 atom stereocenters. The third kappa shape index (κ3) is 2.19. The van der Waals surface area contributed by atoms with Crippen LogP contribution in [0.5, 0.6) is 0 Å². The van der Waals surface area contributed by atoms with E-state index >= 15 is 0 Å². The van der Waals surface area contributed by atoms with Crippen molar-refractivity contribution in [1.82, 2.24) is 9.97 Å². The van der Waals surface area contributed by atoms with Gasteiger partial charge in [-0.05, 0) is 30.3 Å². The molecule has 4 rings (SSSR count). The fourth-order valence-corrected chi connectivity index (χ4v) is 2.46. The van der Waals surface area contributed by atoms with Crippen molar-refractivity contribution in [2.75, 3.05) is 5.32 Å². The Morgan fingerprint density at radius 2 is 1.43 bits per heavy atom. The molecule has 3 heteroatoms. The molecule has 0 radical (unpaired) electrons. The topological polar surface area (TPSA) is 37.8 Å². The number of anilines is 2. The van der Waals surface area contributed by atoms with Gasteiger partial charge in [0.05, 0.1) is 11.0 Å². The minimum Gasteiger partial charge on any atom is -0.340 e. The smallest absolute Gasteiger partial charge is 0.131 e. The summed E-state index contributed by atoms with van der Waals surface area (Å²) >= 11 is 0. The van der Waals surface area contributed by atoms with Crippen molar-refractivity contribution >= 4 is 33.3 Å². The lowest BCUT2D eigenvalue weighted by atomic mass is 10.1. The first-order chi connectivity index (χ1) is 10.4. The maximum absolute atomic E-state index is 4.73. The SMILES string of the molecule is c1ccc(Nc2ccc3ccc4cccnc4c3n2)cc1. The number of aromatic nitrogens is 2. The number of hydrogen-bond acceptors (Lipinski definition) is 3. The number of fused-ring (bicyclic) bond motifs is 3. The Hall–Kier alpha value is -2.94. The van der Waals surface area contributed by atoms with Gasteiger partial charge in [0.25, 0.3) is 0 Å². The maximum atomic E-state index is 4.73. The van der Waals surface area contributed by atoms with Gasteiger partial charge in [-0.3, -0.25) is 4.98 Å². The number of nitrogens with zero attached hydrogens (tertiary/aromatic N) is 2. The molecule has 4 aromatic rings. The first-order valence-electron chi connectivity index (χ1n) is 6.87. The third-order valence-electron chi connectivity index (χ3n) is 3.48. The van der Waals surface area contributed by atoms with Gasteiger partial charge in [0.2, 0.25) is 0 Å². The molecule has 0 spiro atoms. The fourth-order valence-electron chi connectivity index (χ4n) is 2.46. The highest BCUT2D eigenvalue weighted by Crippen LogP contribution is 2.24. The average molecular weight is 271 g/mol. The van der Waals surface area contributed by atoms with E-state index < -0.39 is 0 Å². The average Bonchev–Trinajstić information content (AvgIpc) is 2.56. The first-order valence-corrected chi connectivity index (χ1v) is 6.87. The van der Waals surface area contributed by atoms with E-state index in [-0.39, 0.29) is 0 Å². The Kier molecular flexibility index (Phi) is 2.75. The lowest BCUT2D eigenvalue weighted by Crippen LogP contribution is -1.94. The number of pyridine rings is 2. The van der Waals surface area contributed by atoms with Gasteiger partial charge in [0, 0.05) is 22.7 Å². The quantitative estimate of drug-likeness (QED) is 0.544. The van der Waals surface area contributed by atoms with Gasteiger partial charge in [-0.1, -0.05) is 36.4 Å². The Balaban J connectivity index is 1.86. The highest BCUT2D eigenvalue weighted by Gasteiger charge is 2.04. The number of hydrogen-bond donors (Lipinski definition) is 1. The van der Waals surface area contributed by atoms with Gasteiger partial charge in [0.15, 0.2) is 0 Å². The van der Waals surface area contributed by atoms with Crippen LogP contribution in [0, 0.1) is 0 Å². The van der Waals surface area contributed by atoms with E-state index in [0.717, 1.165) is 33.3 Å². The van der Waals surface area contributed by atoms with Gasteiger partial charge >= 0.3 is 0 Å². The summed E-state index contributed by atoms with van der Waals surface area (Å²) in [5.41, 5.74) is 2.89. The van der Waals surface area contributed by atoms with Crippen LogP contribution in [0.2, 0.25) is 0 Å². The van der Waals surface area contributed by atoms with Crippen LogP contribution < -0.4 is 5.32 Å². The normalized spacial score (nSPS) is 10.9. The van der Waals surface area contributed by atoms with Crippen molar-refractivity contribution in [2.24, 2.45) is 0 Å². The minimum absolute atomic E-state index is 0.826. The van der Waals surface area contributed by atoms with Crippen molar-refractivity contribution < 1.29 is 0 Å². The molecule has 2 heterocycles. The van der Waals surface area contributed by atoms with Crippen LogP contribution in [0.1, 0.15) is 0 Å². The summed E-state index contributed by atoms with van der Waals surface area (Å²) in [6, 6.07) is 22.3. The van der Waals surface area contributed by atoms with Crippen molar-refractivity contribution in [1.29, 1.82) is 0 Å². The predicted octanol–water partition coefficient (Wildman–Crippen LogP) is 4.53. The largest absolute Gasteiger partial charge is 0.340 e. The summed E-state index contributed by atoms with van der Waals surface area (Å²) in [5.74, 6) is 0.826. The Bertz CT molecular complexity index is 917. The lowest BCUT2D eigenvalue weighted by Gasteiger charge is -2.07. The van der Waals surface area contributed by atoms with E-state index in [2.05, 4.69) is 34.6 Å². The third-order valence-corrected chi connectivity index (χ3v) is 3.48. The molecule has 0 amide bonds. The molecule has 0 saturated carbocycles. The summed E-state index contributed by atoms with van der Waals surface area (Å²) < 4.78 is 0. The lowest BCUT2D eigenvalue weighted by molar-refractivity contribution is 1.35. The summed E-state index contributed by atoms with van der Waals surface area (Å²) in [5, 5.41) is 5.52. The molecule has 3 nitrogen and oxygen atoms in total. The maximum Gasteiger partial charge on any atom is 0.131 e. The van der Waals surface area contributed by atoms with Crippen LogP contribution in [0.25, 0.3) is 21.8 Å². The zero-order valence-corrected chi connectivity index (χ0v) is 11.3. The van der Waals surface area contributed by atoms with E-state index in [9.17, 15) is 0 Å². The van der Waals surface area contributed by atoms with Gasteiger partial charge in [-0.2, -0.15) is 0 Å². The second kappa shape index (κ2) is 4.87. The monoisotopic (exact) mass is 271 g/mol. The van der Waals surface area contributed by atoms with Crippen LogP contribution in [0.15, 0.2) is 72.9 Å². The molecule has 1 N–H and O–H groups in total. The zero-order chi connectivity index (χ0) is 14.1. The van der Waals surface area contributed by atoms with Crippen LogP contribution >= 0.6 is 0 Å². The molecule has 0 bridgehead atoms. The molecule has 0 aliphatic heterocycles. The van der Waals surface area contributed by atoms with E-state index in [1.54, 1.807) is 6.20 Å². The van der Waals surface area contributed by atoms with E-state index in [1.165, 1.54) is 0 Å². The van der Waals surface area contributed by atoms with Gasteiger partial charge in [-0.15, -0.1) is 0 Å². The molecule has 100 valence electrons. The van der Waals surface area contributed by atoms with E-state index in [1.807, 2.05) is 42.5 Å². The standard InChI is InChI=1S/C18H13N3/c1-2-6-15(7-3-1)20-16-11-10-14-9-8-13-5-4-12-19-17(13)18(14)21-16/h1-12H,(H,20,21). The van der Waals surface area contributed by atoms with Gasteiger partial charge in [0.1, 0.15) is 5.82 Å². The van der Waals surface area contributed by atoms with Gasteiger partial charge < -0.3 is 5.32 Å². The zero-order valence-electron chi connectivity index (χ0n) is 11.3.